The van der Waals surface area contributed by atoms with Gasteiger partial charge in [0.15, 0.2) is 23.6 Å². The van der Waals surface area contributed by atoms with Crippen molar-refractivity contribution in [2.24, 2.45) is 11.8 Å². The normalized spacial score (nSPS) is 19.7. The van der Waals surface area contributed by atoms with Crippen LogP contribution in [0.4, 0.5) is 0 Å². The molecule has 12 nitrogen and oxygen atoms in total. The monoisotopic (exact) mass is 646 g/mol. The van der Waals surface area contributed by atoms with Crippen LogP contribution in [-0.4, -0.2) is 66.7 Å². The summed E-state index contributed by atoms with van der Waals surface area (Å²) >= 11 is 0. The van der Waals surface area contributed by atoms with Gasteiger partial charge in [-0.3, -0.25) is 19.2 Å². The fraction of sp³-hybridized carbons (Fsp3) is 0.371. The maximum absolute atomic E-state index is 13.5. The van der Waals surface area contributed by atoms with Crippen LogP contribution >= 0.6 is 0 Å². The van der Waals surface area contributed by atoms with Crippen molar-refractivity contribution in [3.8, 4) is 11.5 Å². The molecule has 1 aliphatic heterocycles. The zero-order valence-electron chi connectivity index (χ0n) is 26.7. The topological polar surface area (TPSA) is 156 Å². The molecule has 1 amide bonds. The lowest BCUT2D eigenvalue weighted by molar-refractivity contribution is -0.176. The number of aryl methyl sites for hydroxylation is 1. The van der Waals surface area contributed by atoms with E-state index in [0.717, 1.165) is 11.1 Å². The summed E-state index contributed by atoms with van der Waals surface area (Å²) in [4.78, 5) is 69.8. The first kappa shape index (κ1) is 34.6. The van der Waals surface area contributed by atoms with Crippen molar-refractivity contribution in [3.05, 3.63) is 89.7 Å². The molecule has 0 radical (unpaired) electrons. The van der Waals surface area contributed by atoms with Crippen LogP contribution in [0.15, 0.2) is 72.9 Å². The maximum atomic E-state index is 13.5. The maximum Gasteiger partial charge on any atom is 0.332 e. The second-order valence-electron chi connectivity index (χ2n) is 11.3. The van der Waals surface area contributed by atoms with E-state index in [0.29, 0.717) is 6.42 Å². The molecule has 4 atom stereocenters. The Morgan fingerprint density at radius 2 is 1.62 bits per heavy atom. The Morgan fingerprint density at radius 3 is 2.26 bits per heavy atom. The molecule has 0 saturated carbocycles. The van der Waals surface area contributed by atoms with Crippen LogP contribution in [0.2, 0.25) is 0 Å². The van der Waals surface area contributed by atoms with E-state index in [1.54, 1.807) is 26.0 Å². The number of pyridine rings is 1. The van der Waals surface area contributed by atoms with Crippen LogP contribution in [0, 0.1) is 11.8 Å². The number of amides is 1. The van der Waals surface area contributed by atoms with E-state index < -0.39 is 66.5 Å². The van der Waals surface area contributed by atoms with Gasteiger partial charge in [0.25, 0.3) is 5.91 Å². The fourth-order valence-electron chi connectivity index (χ4n) is 4.88. The van der Waals surface area contributed by atoms with Crippen molar-refractivity contribution in [2.75, 3.05) is 13.7 Å². The van der Waals surface area contributed by atoms with Gasteiger partial charge >= 0.3 is 23.9 Å². The van der Waals surface area contributed by atoms with Crippen LogP contribution < -0.4 is 14.8 Å². The number of rotatable bonds is 11. The third-order valence-corrected chi connectivity index (χ3v) is 7.45. The molecule has 2 aromatic carbocycles. The molecule has 0 unspecified atom stereocenters. The number of aromatic nitrogens is 1. The van der Waals surface area contributed by atoms with Gasteiger partial charge in [-0.1, -0.05) is 74.5 Å². The van der Waals surface area contributed by atoms with E-state index in [2.05, 4.69) is 10.3 Å². The summed E-state index contributed by atoms with van der Waals surface area (Å²) in [6.07, 6.45) is -0.418. The summed E-state index contributed by atoms with van der Waals surface area (Å²) in [6.45, 7) is 4.21. The molecule has 1 aliphatic rings. The molecule has 248 valence electrons. The highest BCUT2D eigenvalue weighted by Crippen LogP contribution is 2.30. The van der Waals surface area contributed by atoms with E-state index in [4.69, 9.17) is 23.7 Å². The van der Waals surface area contributed by atoms with Crippen LogP contribution in [0.3, 0.4) is 0 Å². The molecular formula is C35H38N2O10. The van der Waals surface area contributed by atoms with Gasteiger partial charge in [-0.25, -0.2) is 9.78 Å². The second kappa shape index (κ2) is 16.3. The van der Waals surface area contributed by atoms with E-state index in [9.17, 15) is 24.0 Å². The molecule has 3 aromatic rings. The second-order valence-corrected chi connectivity index (χ2v) is 11.3. The molecule has 0 spiro atoms. The first-order valence-electron chi connectivity index (χ1n) is 15.3. The molecule has 2 heterocycles. The van der Waals surface area contributed by atoms with E-state index >= 15 is 0 Å². The molecule has 4 rings (SSSR count). The molecule has 0 aliphatic carbocycles. The molecule has 1 fully saturated rings. The van der Waals surface area contributed by atoms with Gasteiger partial charge in [0.05, 0.1) is 13.0 Å². The zero-order chi connectivity index (χ0) is 33.9. The van der Waals surface area contributed by atoms with Gasteiger partial charge < -0.3 is 29.0 Å². The number of cyclic esters (lactones) is 2. The molecule has 1 aromatic heterocycles. The Bertz CT molecular complexity index is 1560. The van der Waals surface area contributed by atoms with Crippen molar-refractivity contribution in [3.63, 3.8) is 0 Å². The lowest BCUT2D eigenvalue weighted by atomic mass is 9.91. The van der Waals surface area contributed by atoms with Crippen molar-refractivity contribution in [1.82, 2.24) is 10.3 Å². The van der Waals surface area contributed by atoms with E-state index in [-0.39, 0.29) is 30.0 Å². The van der Waals surface area contributed by atoms with E-state index in [1.807, 2.05) is 48.5 Å². The summed E-state index contributed by atoms with van der Waals surface area (Å²) in [5.74, 6) is -5.51. The van der Waals surface area contributed by atoms with Gasteiger partial charge in [-0.05, 0) is 30.9 Å². The number of ether oxygens (including phenoxy) is 5. The lowest BCUT2D eigenvalue weighted by Gasteiger charge is -2.29. The molecule has 1 saturated heterocycles. The first-order chi connectivity index (χ1) is 22.6. The molecule has 0 bridgehead atoms. The summed E-state index contributed by atoms with van der Waals surface area (Å²) in [6, 6.07) is 18.3. The van der Waals surface area contributed by atoms with Crippen LogP contribution in [0.5, 0.6) is 11.5 Å². The average Bonchev–Trinajstić information content (AvgIpc) is 3.10. The average molecular weight is 647 g/mol. The van der Waals surface area contributed by atoms with Crippen LogP contribution in [0.25, 0.3) is 0 Å². The number of carbonyl (C=O) groups is 5. The minimum atomic E-state index is -1.47. The third-order valence-electron chi connectivity index (χ3n) is 7.45. The lowest BCUT2D eigenvalue weighted by Crippen LogP contribution is -2.47. The molecular weight excluding hydrogens is 608 g/mol. The van der Waals surface area contributed by atoms with Crippen molar-refractivity contribution >= 4 is 29.8 Å². The van der Waals surface area contributed by atoms with Crippen molar-refractivity contribution in [1.29, 1.82) is 0 Å². The summed E-state index contributed by atoms with van der Waals surface area (Å²) in [7, 11) is 1.34. The predicted molar refractivity (Wildman–Crippen MR) is 167 cm³/mol. The highest BCUT2D eigenvalue weighted by Gasteiger charge is 2.42. The Morgan fingerprint density at radius 1 is 0.957 bits per heavy atom. The first-order valence-corrected chi connectivity index (χ1v) is 15.3. The number of esters is 4. The Labute approximate surface area is 272 Å². The smallest absolute Gasteiger partial charge is 0.332 e. The molecule has 47 heavy (non-hydrogen) atoms. The number of methoxy groups -OCH3 is 1. The summed E-state index contributed by atoms with van der Waals surface area (Å²) < 4.78 is 27.7. The Hall–Kier alpha value is -5.26. The Kier molecular flexibility index (Phi) is 12.0. The highest BCUT2D eigenvalue weighted by atomic mass is 16.6. The summed E-state index contributed by atoms with van der Waals surface area (Å²) in [5.41, 5.74) is 1.36. The SMILES string of the molecule is COc1ccnc(C(=O)N[C@H]2COC(=O)[C@H](Cc3ccccc3)[C@@H](OC(=O)C(C)C)[C@H](C)OC2=O)c1OC(=O)CCc1ccccc1. The number of benzene rings is 2. The van der Waals surface area contributed by atoms with Crippen molar-refractivity contribution in [2.45, 2.75) is 58.3 Å². The summed E-state index contributed by atoms with van der Waals surface area (Å²) in [5, 5.41) is 2.47. The largest absolute Gasteiger partial charge is 0.493 e. The standard InChI is InChI=1S/C35H38N2O10/c1-21(2)33(40)47-30-22(3)45-35(42)26(20-44-34(41)25(30)19-24-13-9-6-10-14-24)37-32(39)29-31(27(43-4)17-18-36-29)46-28(38)16-15-23-11-7-5-8-12-23/h5-14,17-18,21-22,25-26,30H,15-16,19-20H2,1-4H3,(H,37,39)/t22-,25+,26-,30-/m0/s1. The van der Waals surface area contributed by atoms with E-state index in [1.165, 1.54) is 26.3 Å². The van der Waals surface area contributed by atoms with Crippen molar-refractivity contribution < 1.29 is 47.7 Å². The van der Waals surface area contributed by atoms with Gasteiger partial charge in [-0.2, -0.15) is 0 Å². The predicted octanol–water partition coefficient (Wildman–Crippen LogP) is 3.64. The number of hydrogen-bond acceptors (Lipinski definition) is 11. The fourth-order valence-corrected chi connectivity index (χ4v) is 4.88. The van der Waals surface area contributed by atoms with Gasteiger partial charge in [0.1, 0.15) is 18.6 Å². The van der Waals surface area contributed by atoms with Gasteiger partial charge in [0.2, 0.25) is 5.75 Å². The number of nitrogens with zero attached hydrogens (tertiary/aromatic N) is 1. The number of hydrogen-bond donors (Lipinski definition) is 1. The molecule has 1 N–H and O–H groups in total. The Balaban J connectivity index is 1.54. The van der Waals surface area contributed by atoms with Crippen LogP contribution in [0.1, 0.15) is 48.8 Å². The minimum Gasteiger partial charge on any atom is -0.493 e. The quantitative estimate of drug-likeness (QED) is 0.240. The zero-order valence-corrected chi connectivity index (χ0v) is 26.7. The third kappa shape index (κ3) is 9.38. The minimum absolute atomic E-state index is 0.0125. The van der Waals surface area contributed by atoms with Gasteiger partial charge in [-0.15, -0.1) is 0 Å². The number of nitrogens with one attached hydrogen (secondary N) is 1. The van der Waals surface area contributed by atoms with Gasteiger partial charge in [0, 0.05) is 18.7 Å². The highest BCUT2D eigenvalue weighted by molar-refractivity contribution is 5.99. The van der Waals surface area contributed by atoms with Crippen LogP contribution in [-0.2, 0) is 46.2 Å². The number of carbonyl (C=O) groups excluding carboxylic acids is 5. The molecule has 12 heteroatoms.